The molecule has 1 aromatic carbocycles. The molecule has 1 amide bonds. The maximum Gasteiger partial charge on any atom is 0.259 e. The third kappa shape index (κ3) is 3.12. The van der Waals surface area contributed by atoms with Crippen molar-refractivity contribution in [3.05, 3.63) is 58.9 Å². The molecular weight excluding hydrogens is 260 g/mol. The smallest absolute Gasteiger partial charge is 0.259 e. The van der Waals surface area contributed by atoms with Crippen LogP contribution < -0.4 is 4.90 Å². The van der Waals surface area contributed by atoms with Crippen LogP contribution in [0.25, 0.3) is 0 Å². The number of aryl methyl sites for hydroxylation is 1. The van der Waals surface area contributed by atoms with Gasteiger partial charge >= 0.3 is 0 Å². The summed E-state index contributed by atoms with van der Waals surface area (Å²) in [4.78, 5) is 18.1. The molecule has 0 aliphatic rings. The van der Waals surface area contributed by atoms with Crippen LogP contribution in [0.3, 0.4) is 0 Å². The minimum absolute atomic E-state index is 0.0720. The highest BCUT2D eigenvalue weighted by Crippen LogP contribution is 2.18. The Kier molecular flexibility index (Phi) is 4.17. The van der Waals surface area contributed by atoms with Crippen LogP contribution in [0, 0.1) is 6.92 Å². The fourth-order valence-corrected chi connectivity index (χ4v) is 2.01. The van der Waals surface area contributed by atoms with Crippen LogP contribution in [0.4, 0.5) is 5.69 Å². The predicted octanol–water partition coefficient (Wildman–Crippen LogP) is 3.71. The van der Waals surface area contributed by atoms with Gasteiger partial charge in [0.25, 0.3) is 5.91 Å². The van der Waals surface area contributed by atoms with Gasteiger partial charge in [0.1, 0.15) is 5.15 Å². The Labute approximate surface area is 117 Å². The topological polar surface area (TPSA) is 33.2 Å². The van der Waals surface area contributed by atoms with Gasteiger partial charge in [-0.1, -0.05) is 23.7 Å². The van der Waals surface area contributed by atoms with E-state index in [0.717, 1.165) is 11.3 Å². The summed E-state index contributed by atoms with van der Waals surface area (Å²) < 4.78 is 0. The van der Waals surface area contributed by atoms with Crippen LogP contribution in [-0.2, 0) is 0 Å². The summed E-state index contributed by atoms with van der Waals surface area (Å²) in [6.45, 7) is 4.56. The number of hydrogen-bond donors (Lipinski definition) is 0. The lowest BCUT2D eigenvalue weighted by molar-refractivity contribution is 0.0988. The van der Waals surface area contributed by atoms with Crippen molar-refractivity contribution in [3.63, 3.8) is 0 Å². The lowest BCUT2D eigenvalue weighted by Gasteiger charge is -2.21. The van der Waals surface area contributed by atoms with Gasteiger partial charge in [-0.3, -0.25) is 4.79 Å². The number of carbonyl (C=O) groups excluding carboxylic acids is 1. The largest absolute Gasteiger partial charge is 0.309 e. The zero-order chi connectivity index (χ0) is 13.8. The second kappa shape index (κ2) is 5.85. The van der Waals surface area contributed by atoms with Crippen molar-refractivity contribution in [2.24, 2.45) is 0 Å². The highest BCUT2D eigenvalue weighted by atomic mass is 35.5. The third-order valence-corrected chi connectivity index (χ3v) is 3.07. The molecule has 0 atom stereocenters. The summed E-state index contributed by atoms with van der Waals surface area (Å²) in [6.07, 6.45) is 1.50. The summed E-state index contributed by atoms with van der Waals surface area (Å²) in [5, 5.41) is 0.384. The van der Waals surface area contributed by atoms with Crippen molar-refractivity contribution in [2.75, 3.05) is 11.4 Å². The zero-order valence-corrected chi connectivity index (χ0v) is 11.7. The van der Waals surface area contributed by atoms with Gasteiger partial charge in [-0.05, 0) is 43.7 Å². The van der Waals surface area contributed by atoms with Crippen molar-refractivity contribution >= 4 is 23.2 Å². The Morgan fingerprint density at radius 1 is 1.32 bits per heavy atom. The van der Waals surface area contributed by atoms with E-state index in [1.54, 1.807) is 17.0 Å². The Balaban J connectivity index is 2.31. The Hall–Kier alpha value is -1.87. The van der Waals surface area contributed by atoms with Crippen molar-refractivity contribution in [2.45, 2.75) is 13.8 Å². The highest BCUT2D eigenvalue weighted by molar-refractivity contribution is 6.29. The van der Waals surface area contributed by atoms with Crippen LogP contribution in [0.15, 0.2) is 42.6 Å². The first kappa shape index (κ1) is 13.6. The molecular formula is C15H15ClN2O. The van der Waals surface area contributed by atoms with E-state index in [0.29, 0.717) is 17.3 Å². The molecule has 0 spiro atoms. The number of benzene rings is 1. The molecule has 0 bridgehead atoms. The van der Waals surface area contributed by atoms with Crippen LogP contribution in [-0.4, -0.2) is 17.4 Å². The number of nitrogens with zero attached hydrogens (tertiary/aromatic N) is 2. The second-order valence-electron chi connectivity index (χ2n) is 4.26. The first-order valence-corrected chi connectivity index (χ1v) is 6.49. The van der Waals surface area contributed by atoms with Gasteiger partial charge in [-0.25, -0.2) is 4.98 Å². The minimum Gasteiger partial charge on any atom is -0.309 e. The number of carbonyl (C=O) groups is 1. The summed E-state index contributed by atoms with van der Waals surface area (Å²) in [5.74, 6) is -0.0720. The SMILES string of the molecule is CCN(C(=O)c1ccc(Cl)nc1)c1cccc(C)c1. The lowest BCUT2D eigenvalue weighted by Crippen LogP contribution is -2.30. The quantitative estimate of drug-likeness (QED) is 0.800. The van der Waals surface area contributed by atoms with Crippen LogP contribution in [0.1, 0.15) is 22.8 Å². The highest BCUT2D eigenvalue weighted by Gasteiger charge is 2.16. The van der Waals surface area contributed by atoms with Crippen LogP contribution >= 0.6 is 11.6 Å². The molecule has 0 fully saturated rings. The van der Waals surface area contributed by atoms with Crippen molar-refractivity contribution in [3.8, 4) is 0 Å². The molecule has 4 heteroatoms. The van der Waals surface area contributed by atoms with Crippen LogP contribution in [0.5, 0.6) is 0 Å². The maximum absolute atomic E-state index is 12.4. The molecule has 0 aliphatic carbocycles. The van der Waals surface area contributed by atoms with Crippen LogP contribution in [0.2, 0.25) is 5.15 Å². The molecule has 98 valence electrons. The normalized spacial score (nSPS) is 10.3. The van der Waals surface area contributed by atoms with Crippen molar-refractivity contribution in [1.82, 2.24) is 4.98 Å². The molecule has 1 heterocycles. The molecule has 0 saturated heterocycles. The molecule has 3 nitrogen and oxygen atoms in total. The number of pyridine rings is 1. The average molecular weight is 275 g/mol. The van der Waals surface area contributed by atoms with Gasteiger partial charge < -0.3 is 4.90 Å². The summed E-state index contributed by atoms with van der Waals surface area (Å²) in [7, 11) is 0. The first-order valence-electron chi connectivity index (χ1n) is 6.12. The van der Waals surface area contributed by atoms with E-state index in [4.69, 9.17) is 11.6 Å². The number of anilines is 1. The van der Waals surface area contributed by atoms with Gasteiger partial charge in [0, 0.05) is 18.4 Å². The molecule has 2 rings (SSSR count). The van der Waals surface area contributed by atoms with E-state index in [2.05, 4.69) is 4.98 Å². The molecule has 2 aromatic rings. The molecule has 0 aliphatic heterocycles. The molecule has 19 heavy (non-hydrogen) atoms. The summed E-state index contributed by atoms with van der Waals surface area (Å²) in [5.41, 5.74) is 2.55. The summed E-state index contributed by atoms with van der Waals surface area (Å²) in [6, 6.07) is 11.2. The van der Waals surface area contributed by atoms with Crippen molar-refractivity contribution < 1.29 is 4.79 Å². The first-order chi connectivity index (χ1) is 9.11. The number of aromatic nitrogens is 1. The standard InChI is InChI=1S/C15H15ClN2O/c1-3-18(13-6-4-5-11(2)9-13)15(19)12-7-8-14(16)17-10-12/h4-10H,3H2,1-2H3. The third-order valence-electron chi connectivity index (χ3n) is 2.85. The van der Waals surface area contributed by atoms with E-state index in [1.165, 1.54) is 6.20 Å². The Bertz CT molecular complexity index is 581. The number of amides is 1. The van der Waals surface area contributed by atoms with E-state index in [9.17, 15) is 4.79 Å². The summed E-state index contributed by atoms with van der Waals surface area (Å²) >= 11 is 5.73. The molecule has 0 radical (unpaired) electrons. The van der Waals surface area contributed by atoms with E-state index >= 15 is 0 Å². The second-order valence-corrected chi connectivity index (χ2v) is 4.65. The maximum atomic E-state index is 12.4. The van der Waals surface area contributed by atoms with Gasteiger partial charge in [0.15, 0.2) is 0 Å². The average Bonchev–Trinajstić information content (AvgIpc) is 2.40. The van der Waals surface area contributed by atoms with E-state index in [1.807, 2.05) is 38.1 Å². The fourth-order valence-electron chi connectivity index (χ4n) is 1.90. The van der Waals surface area contributed by atoms with Crippen molar-refractivity contribution in [1.29, 1.82) is 0 Å². The van der Waals surface area contributed by atoms with Gasteiger partial charge in [-0.15, -0.1) is 0 Å². The van der Waals surface area contributed by atoms with E-state index in [-0.39, 0.29) is 5.91 Å². The number of rotatable bonds is 3. The predicted molar refractivity (Wildman–Crippen MR) is 77.8 cm³/mol. The molecule has 0 unspecified atom stereocenters. The Morgan fingerprint density at radius 3 is 2.68 bits per heavy atom. The monoisotopic (exact) mass is 274 g/mol. The fraction of sp³-hybridized carbons (Fsp3) is 0.200. The minimum atomic E-state index is -0.0720. The van der Waals surface area contributed by atoms with E-state index < -0.39 is 0 Å². The number of hydrogen-bond acceptors (Lipinski definition) is 2. The molecule has 0 N–H and O–H groups in total. The number of halogens is 1. The van der Waals surface area contributed by atoms with Gasteiger partial charge in [0.2, 0.25) is 0 Å². The van der Waals surface area contributed by atoms with Gasteiger partial charge in [-0.2, -0.15) is 0 Å². The Morgan fingerprint density at radius 2 is 2.11 bits per heavy atom. The molecule has 1 aromatic heterocycles. The van der Waals surface area contributed by atoms with Gasteiger partial charge in [0.05, 0.1) is 5.56 Å². The molecule has 0 saturated carbocycles. The zero-order valence-electron chi connectivity index (χ0n) is 10.9. The lowest BCUT2D eigenvalue weighted by atomic mass is 10.2.